The third-order valence-electron chi connectivity index (χ3n) is 5.94. The first-order valence-corrected chi connectivity index (χ1v) is 14.0. The highest BCUT2D eigenvalue weighted by molar-refractivity contribution is 7.92. The maximum atomic E-state index is 13.6. The lowest BCUT2D eigenvalue weighted by molar-refractivity contribution is -0.139. The molecule has 0 aliphatic heterocycles. The Labute approximate surface area is 214 Å². The molecule has 1 N–H and O–H groups in total. The van der Waals surface area contributed by atoms with Gasteiger partial charge in [-0.3, -0.25) is 13.9 Å². The highest BCUT2D eigenvalue weighted by Crippen LogP contribution is 2.29. The summed E-state index contributed by atoms with van der Waals surface area (Å²) >= 11 is 6.01. The molecule has 0 saturated heterocycles. The summed E-state index contributed by atoms with van der Waals surface area (Å²) in [5.41, 5.74) is 2.05. The summed E-state index contributed by atoms with van der Waals surface area (Å²) in [6.45, 7) is 9.15. The van der Waals surface area contributed by atoms with Gasteiger partial charge in [-0.05, 0) is 55.5 Å². The maximum absolute atomic E-state index is 13.6. The molecule has 0 aliphatic rings. The second-order valence-corrected chi connectivity index (χ2v) is 11.5. The quantitative estimate of drug-likeness (QED) is 0.469. The van der Waals surface area contributed by atoms with Gasteiger partial charge in [0.15, 0.2) is 0 Å². The smallest absolute Gasteiger partial charge is 0.244 e. The summed E-state index contributed by atoms with van der Waals surface area (Å²) in [4.78, 5) is 28.0. The highest BCUT2D eigenvalue weighted by atomic mass is 35.5. The number of hydrogen-bond acceptors (Lipinski definition) is 4. The van der Waals surface area contributed by atoms with E-state index in [0.29, 0.717) is 10.7 Å². The van der Waals surface area contributed by atoms with E-state index in [2.05, 4.69) is 5.32 Å². The molecule has 2 aromatic rings. The van der Waals surface area contributed by atoms with Crippen molar-refractivity contribution in [2.24, 2.45) is 0 Å². The van der Waals surface area contributed by atoms with Crippen molar-refractivity contribution in [1.82, 2.24) is 10.2 Å². The molecule has 0 unspecified atom stereocenters. The highest BCUT2D eigenvalue weighted by Gasteiger charge is 2.31. The molecule has 2 rings (SSSR count). The number of hydrogen-bond donors (Lipinski definition) is 1. The van der Waals surface area contributed by atoms with Crippen molar-refractivity contribution < 1.29 is 18.0 Å². The first kappa shape index (κ1) is 28.7. The first-order valence-electron chi connectivity index (χ1n) is 11.8. The van der Waals surface area contributed by atoms with Gasteiger partial charge in [0.25, 0.3) is 0 Å². The third kappa shape index (κ3) is 7.97. The number of carbonyl (C=O) groups is 2. The second-order valence-electron chi connectivity index (χ2n) is 9.13. The van der Waals surface area contributed by atoms with Crippen LogP contribution in [-0.4, -0.2) is 50.0 Å². The molecule has 192 valence electrons. The van der Waals surface area contributed by atoms with Crippen LogP contribution in [0, 0.1) is 0 Å². The fourth-order valence-corrected chi connectivity index (χ4v) is 4.63. The predicted octanol–water partition coefficient (Wildman–Crippen LogP) is 4.56. The van der Waals surface area contributed by atoms with Crippen LogP contribution in [0.25, 0.3) is 0 Å². The maximum Gasteiger partial charge on any atom is 0.244 e. The lowest BCUT2D eigenvalue weighted by atomic mass is 10.0. The van der Waals surface area contributed by atoms with Gasteiger partial charge in [0, 0.05) is 17.6 Å². The molecule has 35 heavy (non-hydrogen) atoms. The van der Waals surface area contributed by atoms with Gasteiger partial charge in [0.1, 0.15) is 12.6 Å². The van der Waals surface area contributed by atoms with Crippen LogP contribution < -0.4 is 9.62 Å². The number of para-hydroxylation sites is 1. The van der Waals surface area contributed by atoms with Crippen LogP contribution in [0.5, 0.6) is 0 Å². The van der Waals surface area contributed by atoms with E-state index in [-0.39, 0.29) is 24.4 Å². The van der Waals surface area contributed by atoms with Gasteiger partial charge >= 0.3 is 0 Å². The minimum atomic E-state index is -3.78. The first-order chi connectivity index (χ1) is 16.3. The molecule has 0 aliphatic carbocycles. The Bertz CT molecular complexity index is 1120. The number of anilines is 1. The van der Waals surface area contributed by atoms with E-state index >= 15 is 0 Å². The van der Waals surface area contributed by atoms with Crippen LogP contribution in [0.4, 0.5) is 5.69 Å². The molecule has 0 aromatic heterocycles. The molecule has 0 radical (unpaired) electrons. The zero-order valence-electron chi connectivity index (χ0n) is 21.3. The van der Waals surface area contributed by atoms with Gasteiger partial charge in [-0.15, -0.1) is 0 Å². The van der Waals surface area contributed by atoms with Crippen molar-refractivity contribution in [3.63, 3.8) is 0 Å². The van der Waals surface area contributed by atoms with E-state index < -0.39 is 28.5 Å². The average molecular weight is 522 g/mol. The SMILES string of the molecule is CC[C@H](C)NC(=O)[C@@H](C)N(Cc1ccc(Cl)cc1)C(=O)CN(c1ccccc1C(C)C)S(C)(=O)=O. The molecule has 0 spiro atoms. The topological polar surface area (TPSA) is 86.8 Å². The molecule has 9 heteroatoms. The Morgan fingerprint density at radius 2 is 1.60 bits per heavy atom. The number of benzene rings is 2. The van der Waals surface area contributed by atoms with Crippen molar-refractivity contribution in [1.29, 1.82) is 0 Å². The van der Waals surface area contributed by atoms with E-state index in [1.54, 1.807) is 43.3 Å². The number of rotatable bonds is 11. The van der Waals surface area contributed by atoms with E-state index in [1.165, 1.54) is 4.90 Å². The van der Waals surface area contributed by atoms with E-state index in [0.717, 1.165) is 28.1 Å². The summed E-state index contributed by atoms with van der Waals surface area (Å²) in [7, 11) is -3.78. The number of halogens is 1. The minimum Gasteiger partial charge on any atom is -0.352 e. The van der Waals surface area contributed by atoms with Crippen LogP contribution >= 0.6 is 11.6 Å². The molecule has 0 heterocycles. The van der Waals surface area contributed by atoms with Crippen LogP contribution in [-0.2, 0) is 26.2 Å². The number of amides is 2. The number of carbonyl (C=O) groups excluding carboxylic acids is 2. The van der Waals surface area contributed by atoms with Gasteiger partial charge in [-0.1, -0.05) is 62.7 Å². The van der Waals surface area contributed by atoms with Gasteiger partial charge in [0.05, 0.1) is 11.9 Å². The summed E-state index contributed by atoms with van der Waals surface area (Å²) in [5.74, 6) is -0.721. The Kier molecular flexibility index (Phi) is 10.2. The summed E-state index contributed by atoms with van der Waals surface area (Å²) in [6.07, 6.45) is 1.83. The van der Waals surface area contributed by atoms with E-state index in [4.69, 9.17) is 11.6 Å². The zero-order valence-corrected chi connectivity index (χ0v) is 22.9. The molecule has 2 amide bonds. The van der Waals surface area contributed by atoms with Crippen molar-refractivity contribution in [2.45, 2.75) is 65.6 Å². The zero-order chi connectivity index (χ0) is 26.3. The van der Waals surface area contributed by atoms with E-state index in [9.17, 15) is 18.0 Å². The van der Waals surface area contributed by atoms with Crippen LogP contribution in [0.2, 0.25) is 5.02 Å². The minimum absolute atomic E-state index is 0.0518. The van der Waals surface area contributed by atoms with E-state index in [1.807, 2.05) is 39.8 Å². The Morgan fingerprint density at radius 1 is 1.00 bits per heavy atom. The van der Waals surface area contributed by atoms with Crippen molar-refractivity contribution in [3.05, 3.63) is 64.7 Å². The summed E-state index contributed by atoms with van der Waals surface area (Å²) < 4.78 is 26.7. The van der Waals surface area contributed by atoms with Gasteiger partial charge < -0.3 is 10.2 Å². The molecule has 0 fully saturated rings. The summed E-state index contributed by atoms with van der Waals surface area (Å²) in [5, 5.41) is 3.47. The van der Waals surface area contributed by atoms with Crippen LogP contribution in [0.15, 0.2) is 48.5 Å². The predicted molar refractivity (Wildman–Crippen MR) is 142 cm³/mol. The van der Waals surface area contributed by atoms with Gasteiger partial charge in [-0.2, -0.15) is 0 Å². The number of nitrogens with one attached hydrogen (secondary N) is 1. The Hall–Kier alpha value is -2.58. The van der Waals surface area contributed by atoms with Crippen LogP contribution in [0.1, 0.15) is 58.1 Å². The standard InChI is InChI=1S/C26H36ClN3O4S/c1-7-19(4)28-26(32)20(5)29(16-21-12-14-22(27)15-13-21)25(31)17-30(35(6,33)34)24-11-9-8-10-23(24)18(2)3/h8-15,18-20H,7,16-17H2,1-6H3,(H,28,32)/t19-,20+/m0/s1. The number of nitrogens with zero attached hydrogens (tertiary/aromatic N) is 2. The number of sulfonamides is 1. The molecular weight excluding hydrogens is 486 g/mol. The second kappa shape index (κ2) is 12.4. The Morgan fingerprint density at radius 3 is 2.14 bits per heavy atom. The van der Waals surface area contributed by atoms with Crippen molar-refractivity contribution >= 4 is 39.1 Å². The fraction of sp³-hybridized carbons (Fsp3) is 0.462. The molecule has 0 bridgehead atoms. The van der Waals surface area contributed by atoms with Gasteiger partial charge in [0.2, 0.25) is 21.8 Å². The molecule has 2 aromatic carbocycles. The summed E-state index contributed by atoms with van der Waals surface area (Å²) in [6, 6.07) is 13.3. The van der Waals surface area contributed by atoms with Crippen molar-refractivity contribution in [3.8, 4) is 0 Å². The molecule has 2 atom stereocenters. The lowest BCUT2D eigenvalue weighted by Crippen LogP contribution is -2.52. The largest absolute Gasteiger partial charge is 0.352 e. The fourth-order valence-electron chi connectivity index (χ4n) is 3.63. The monoisotopic (exact) mass is 521 g/mol. The Balaban J connectivity index is 2.44. The molecular formula is C26H36ClN3O4S. The van der Waals surface area contributed by atoms with Gasteiger partial charge in [-0.25, -0.2) is 8.42 Å². The lowest BCUT2D eigenvalue weighted by Gasteiger charge is -2.32. The average Bonchev–Trinajstić information content (AvgIpc) is 2.80. The molecule has 7 nitrogen and oxygen atoms in total. The third-order valence-corrected chi connectivity index (χ3v) is 7.32. The normalized spacial score (nSPS) is 13.3. The molecule has 0 saturated carbocycles. The van der Waals surface area contributed by atoms with Crippen LogP contribution in [0.3, 0.4) is 0 Å². The van der Waals surface area contributed by atoms with Crippen molar-refractivity contribution in [2.75, 3.05) is 17.1 Å².